The summed E-state index contributed by atoms with van der Waals surface area (Å²) in [5, 5.41) is 15.4. The van der Waals surface area contributed by atoms with Crippen LogP contribution in [0.4, 0.5) is 22.7 Å². The number of aromatic nitrogens is 5. The number of furan rings is 1. The Morgan fingerprint density at radius 1 is 1.10 bits per heavy atom. The average molecular weight is 427 g/mol. The van der Waals surface area contributed by atoms with Gasteiger partial charge in [-0.05, 0) is 31.2 Å². The van der Waals surface area contributed by atoms with Gasteiger partial charge in [0.1, 0.15) is 11.6 Å². The molecule has 9 nitrogen and oxygen atoms in total. The summed E-state index contributed by atoms with van der Waals surface area (Å²) in [5.41, 5.74) is 7.90. The first kappa shape index (κ1) is 19.2. The lowest BCUT2D eigenvalue weighted by atomic mass is 10.2. The summed E-state index contributed by atoms with van der Waals surface area (Å²) in [6.07, 6.45) is 1.64. The molecule has 0 spiro atoms. The van der Waals surface area contributed by atoms with Crippen LogP contribution < -0.4 is 16.4 Å². The predicted octanol–water partition coefficient (Wildman–Crippen LogP) is 3.85. The first-order chi connectivity index (χ1) is 14.1. The van der Waals surface area contributed by atoms with Crippen LogP contribution >= 0.6 is 23.1 Å². The smallest absolute Gasteiger partial charge is 0.232 e. The van der Waals surface area contributed by atoms with Gasteiger partial charge in [-0.2, -0.15) is 15.0 Å². The minimum absolute atomic E-state index is 0.170. The number of nitrogens with one attached hydrogen (secondary N) is 2. The molecule has 0 atom stereocenters. The summed E-state index contributed by atoms with van der Waals surface area (Å²) < 4.78 is 6.09. The first-order valence-corrected chi connectivity index (χ1v) is 10.5. The van der Waals surface area contributed by atoms with Gasteiger partial charge in [-0.15, -0.1) is 10.2 Å². The van der Waals surface area contributed by atoms with Crippen LogP contribution in [0.1, 0.15) is 17.1 Å². The molecule has 0 aliphatic rings. The van der Waals surface area contributed by atoms with Crippen molar-refractivity contribution in [3.8, 4) is 0 Å². The van der Waals surface area contributed by atoms with E-state index in [1.54, 1.807) is 6.26 Å². The molecule has 4 N–H and O–H groups in total. The number of hydrogen-bond donors (Lipinski definition) is 3. The Kier molecular flexibility index (Phi) is 5.86. The van der Waals surface area contributed by atoms with Crippen LogP contribution in [-0.2, 0) is 12.3 Å². The Balaban J connectivity index is 1.35. The number of rotatable bonds is 8. The normalized spacial score (nSPS) is 10.8. The second-order valence-corrected chi connectivity index (χ2v) is 8.22. The van der Waals surface area contributed by atoms with Crippen LogP contribution in [0.15, 0.2) is 51.4 Å². The number of nitrogen functional groups attached to an aromatic ring is 1. The highest BCUT2D eigenvalue weighted by Crippen LogP contribution is 2.28. The summed E-state index contributed by atoms with van der Waals surface area (Å²) in [4.78, 5) is 12.8. The lowest BCUT2D eigenvalue weighted by Gasteiger charge is -2.07. The molecule has 3 aromatic heterocycles. The van der Waals surface area contributed by atoms with E-state index in [1.807, 2.05) is 43.3 Å². The van der Waals surface area contributed by atoms with E-state index in [4.69, 9.17) is 10.2 Å². The highest BCUT2D eigenvalue weighted by atomic mass is 32.2. The largest absolute Gasteiger partial charge is 0.467 e. The van der Waals surface area contributed by atoms with Gasteiger partial charge in [0.15, 0.2) is 4.34 Å². The van der Waals surface area contributed by atoms with Crippen molar-refractivity contribution in [1.29, 1.82) is 0 Å². The third-order valence-electron chi connectivity index (χ3n) is 3.73. The number of nitrogens with zero attached hydrogens (tertiary/aromatic N) is 5. The molecule has 4 aromatic rings. The Morgan fingerprint density at radius 3 is 2.76 bits per heavy atom. The van der Waals surface area contributed by atoms with Crippen molar-refractivity contribution in [3.05, 3.63) is 59.8 Å². The molecule has 0 radical (unpaired) electrons. The lowest BCUT2D eigenvalue weighted by Crippen LogP contribution is -2.06. The van der Waals surface area contributed by atoms with Gasteiger partial charge in [0.25, 0.3) is 0 Å². The van der Waals surface area contributed by atoms with Gasteiger partial charge in [0.2, 0.25) is 17.0 Å². The van der Waals surface area contributed by atoms with Crippen LogP contribution in [0.25, 0.3) is 0 Å². The van der Waals surface area contributed by atoms with Crippen molar-refractivity contribution in [3.63, 3.8) is 0 Å². The van der Waals surface area contributed by atoms with E-state index in [0.29, 0.717) is 24.1 Å². The minimum atomic E-state index is 0.170. The Hall–Kier alpha value is -3.18. The molecule has 148 valence electrons. The molecule has 11 heteroatoms. The molecular weight excluding hydrogens is 408 g/mol. The summed E-state index contributed by atoms with van der Waals surface area (Å²) >= 11 is 2.94. The van der Waals surface area contributed by atoms with E-state index in [1.165, 1.54) is 28.7 Å². The average Bonchev–Trinajstić information content (AvgIpc) is 3.38. The zero-order valence-electron chi connectivity index (χ0n) is 15.5. The summed E-state index contributed by atoms with van der Waals surface area (Å²) in [6.45, 7) is 2.59. The SMILES string of the molecule is Cc1ccc(Nc2nc(N)nc(CSc3nnc(NCc4ccco4)s3)n2)cc1. The zero-order valence-corrected chi connectivity index (χ0v) is 17.1. The molecule has 0 amide bonds. The van der Waals surface area contributed by atoms with Crippen LogP contribution in [0.5, 0.6) is 0 Å². The lowest BCUT2D eigenvalue weighted by molar-refractivity contribution is 0.518. The van der Waals surface area contributed by atoms with E-state index in [0.717, 1.165) is 20.9 Å². The molecule has 0 saturated carbocycles. The fourth-order valence-corrected chi connectivity index (χ4v) is 3.97. The van der Waals surface area contributed by atoms with Crippen LogP contribution in [0.2, 0.25) is 0 Å². The Bertz CT molecular complexity index is 1070. The van der Waals surface area contributed by atoms with Gasteiger partial charge in [-0.25, -0.2) is 0 Å². The number of aryl methyl sites for hydroxylation is 1. The second-order valence-electron chi connectivity index (χ2n) is 6.02. The molecular formula is C18H18N8OS2. The Labute approximate surface area is 175 Å². The predicted molar refractivity (Wildman–Crippen MR) is 114 cm³/mol. The molecule has 0 unspecified atom stereocenters. The van der Waals surface area contributed by atoms with E-state index in [9.17, 15) is 0 Å². The maximum atomic E-state index is 5.84. The van der Waals surface area contributed by atoms with Gasteiger partial charge in [0, 0.05) is 5.69 Å². The second kappa shape index (κ2) is 8.88. The molecule has 4 rings (SSSR count). The van der Waals surface area contributed by atoms with Gasteiger partial charge >= 0.3 is 0 Å². The third kappa shape index (κ3) is 5.42. The maximum absolute atomic E-state index is 5.84. The van der Waals surface area contributed by atoms with Crippen LogP contribution in [-0.4, -0.2) is 25.1 Å². The van der Waals surface area contributed by atoms with Gasteiger partial charge in [0.05, 0.1) is 18.6 Å². The van der Waals surface area contributed by atoms with E-state index >= 15 is 0 Å². The van der Waals surface area contributed by atoms with E-state index < -0.39 is 0 Å². The monoisotopic (exact) mass is 426 g/mol. The van der Waals surface area contributed by atoms with Crippen molar-refractivity contribution in [2.45, 2.75) is 23.6 Å². The summed E-state index contributed by atoms with van der Waals surface area (Å²) in [7, 11) is 0. The molecule has 0 aliphatic heterocycles. The number of anilines is 4. The standard InChI is InChI=1S/C18H18N8OS2/c1-11-4-6-12(7-5-11)21-16-23-14(22-15(19)24-16)10-28-18-26-25-17(29-18)20-9-13-3-2-8-27-13/h2-8H,9-10H2,1H3,(H,20,25)(H3,19,21,22,23,24). The fourth-order valence-electron chi connectivity index (χ4n) is 2.37. The van der Waals surface area contributed by atoms with Crippen LogP contribution in [0.3, 0.4) is 0 Å². The first-order valence-electron chi connectivity index (χ1n) is 8.71. The maximum Gasteiger partial charge on any atom is 0.232 e. The highest BCUT2D eigenvalue weighted by Gasteiger charge is 2.09. The number of nitrogens with two attached hydrogens (primary N) is 1. The highest BCUT2D eigenvalue weighted by molar-refractivity contribution is 8.00. The Morgan fingerprint density at radius 2 is 1.97 bits per heavy atom. The van der Waals surface area contributed by atoms with Crippen molar-refractivity contribution < 1.29 is 4.42 Å². The third-order valence-corrected chi connectivity index (χ3v) is 5.74. The zero-order chi connectivity index (χ0) is 20.1. The number of benzene rings is 1. The van der Waals surface area contributed by atoms with Crippen LogP contribution in [0, 0.1) is 6.92 Å². The van der Waals surface area contributed by atoms with E-state index in [2.05, 4.69) is 35.8 Å². The number of hydrogen-bond acceptors (Lipinski definition) is 11. The molecule has 3 heterocycles. The van der Waals surface area contributed by atoms with Crippen molar-refractivity contribution in [2.75, 3.05) is 16.4 Å². The quantitative estimate of drug-likeness (QED) is 0.357. The van der Waals surface area contributed by atoms with Crippen molar-refractivity contribution in [2.24, 2.45) is 0 Å². The molecule has 0 saturated heterocycles. The minimum Gasteiger partial charge on any atom is -0.467 e. The van der Waals surface area contributed by atoms with Gasteiger partial charge in [-0.3, -0.25) is 0 Å². The fraction of sp³-hybridized carbons (Fsp3) is 0.167. The van der Waals surface area contributed by atoms with Gasteiger partial charge < -0.3 is 20.8 Å². The summed E-state index contributed by atoms with van der Waals surface area (Å²) in [5.74, 6) is 2.49. The van der Waals surface area contributed by atoms with E-state index in [-0.39, 0.29) is 5.95 Å². The van der Waals surface area contributed by atoms with Crippen molar-refractivity contribution >= 4 is 45.8 Å². The molecule has 0 fully saturated rings. The number of thioether (sulfide) groups is 1. The van der Waals surface area contributed by atoms with Crippen molar-refractivity contribution in [1.82, 2.24) is 25.1 Å². The molecule has 1 aromatic carbocycles. The molecule has 29 heavy (non-hydrogen) atoms. The molecule has 0 bridgehead atoms. The summed E-state index contributed by atoms with van der Waals surface area (Å²) in [6, 6.07) is 11.7. The van der Waals surface area contributed by atoms with Gasteiger partial charge in [-0.1, -0.05) is 40.8 Å². The topological polar surface area (TPSA) is 128 Å². The molecule has 0 aliphatic carbocycles.